The van der Waals surface area contributed by atoms with Gasteiger partial charge in [0.25, 0.3) is 0 Å². The summed E-state index contributed by atoms with van der Waals surface area (Å²) in [5.41, 5.74) is 1.99. The third kappa shape index (κ3) is 1.36. The fourth-order valence-corrected chi connectivity index (χ4v) is 1.66. The Kier molecular flexibility index (Phi) is 2.09. The molecule has 66 valence electrons. The summed E-state index contributed by atoms with van der Waals surface area (Å²) in [4.78, 5) is 0. The van der Waals surface area contributed by atoms with Gasteiger partial charge in [0.05, 0.1) is 11.2 Å². The number of aryl methyl sites for hydroxylation is 1. The molecule has 0 aliphatic heterocycles. The molecule has 2 nitrogen and oxygen atoms in total. The van der Waals surface area contributed by atoms with Gasteiger partial charge in [-0.1, -0.05) is 30.4 Å². The average Bonchev–Trinajstić information content (AvgIpc) is 2.45. The van der Waals surface area contributed by atoms with E-state index in [9.17, 15) is 0 Å². The lowest BCUT2D eigenvalue weighted by Crippen LogP contribution is -2.03. The van der Waals surface area contributed by atoms with Crippen molar-refractivity contribution in [1.29, 1.82) is 0 Å². The predicted molar refractivity (Wildman–Crippen MR) is 61.5 cm³/mol. The van der Waals surface area contributed by atoms with Gasteiger partial charge in [-0.3, -0.25) is 0 Å². The molecule has 0 atom stereocenters. The van der Waals surface area contributed by atoms with Crippen molar-refractivity contribution in [2.24, 2.45) is 0 Å². The zero-order valence-corrected chi connectivity index (χ0v) is 8.77. The van der Waals surface area contributed by atoms with Crippen LogP contribution in [0.1, 0.15) is 5.69 Å². The molecule has 0 aliphatic carbocycles. The maximum atomic E-state index is 4.97. The van der Waals surface area contributed by atoms with E-state index in [1.165, 1.54) is 0 Å². The van der Waals surface area contributed by atoms with E-state index in [1.807, 2.05) is 31.2 Å². The van der Waals surface area contributed by atoms with Crippen molar-refractivity contribution in [3.8, 4) is 0 Å². The second-order valence-corrected chi connectivity index (χ2v) is 3.91. The van der Waals surface area contributed by atoms with Crippen molar-refractivity contribution in [2.75, 3.05) is 0 Å². The minimum Gasteiger partial charge on any atom is -0.216 e. The molecule has 0 N–H and O–H groups in total. The van der Waals surface area contributed by atoms with Crippen LogP contribution in [0.5, 0.6) is 0 Å². The van der Waals surface area contributed by atoms with E-state index >= 15 is 0 Å². The van der Waals surface area contributed by atoms with Crippen LogP contribution in [-0.2, 0) is 0 Å². The van der Waals surface area contributed by atoms with E-state index < -0.39 is 0 Å². The summed E-state index contributed by atoms with van der Waals surface area (Å²) in [6.45, 7) is 1.96. The molecule has 1 heterocycles. The topological polar surface area (TPSA) is 17.8 Å². The van der Waals surface area contributed by atoms with Crippen molar-refractivity contribution in [3.63, 3.8) is 0 Å². The maximum Gasteiger partial charge on any atom is 0.158 e. The Bertz CT molecular complexity index is 473. The molecule has 1 aromatic carbocycles. The van der Waals surface area contributed by atoms with Crippen LogP contribution in [0.2, 0.25) is 0 Å². The third-order valence-corrected chi connectivity index (χ3v) is 2.32. The summed E-state index contributed by atoms with van der Waals surface area (Å²) in [6, 6.07) is 7.97. The molecule has 0 saturated heterocycles. The molecule has 2 aromatic rings. The normalized spacial score (nSPS) is 10.6. The van der Waals surface area contributed by atoms with Gasteiger partial charge in [0.15, 0.2) is 4.32 Å². The Labute approximate surface area is 87.0 Å². The van der Waals surface area contributed by atoms with Gasteiger partial charge in [-0.05, 0) is 13.0 Å². The van der Waals surface area contributed by atoms with E-state index in [0.717, 1.165) is 16.6 Å². The SMILES string of the molecule is Cc1nn(C(=S)S)c2ccccc12. The Hall–Kier alpha value is -0.870. The van der Waals surface area contributed by atoms with Crippen LogP contribution in [0.15, 0.2) is 24.3 Å². The van der Waals surface area contributed by atoms with Crippen LogP contribution < -0.4 is 0 Å². The fraction of sp³-hybridized carbons (Fsp3) is 0.111. The number of rotatable bonds is 0. The van der Waals surface area contributed by atoms with Gasteiger partial charge >= 0.3 is 0 Å². The highest BCUT2D eigenvalue weighted by Gasteiger charge is 2.06. The van der Waals surface area contributed by atoms with Crippen molar-refractivity contribution in [1.82, 2.24) is 9.78 Å². The molecule has 0 aliphatic rings. The largest absolute Gasteiger partial charge is 0.216 e. The Morgan fingerprint density at radius 3 is 2.85 bits per heavy atom. The quantitative estimate of drug-likeness (QED) is 0.529. The van der Waals surface area contributed by atoms with Crippen LogP contribution in [0.25, 0.3) is 10.9 Å². The summed E-state index contributed by atoms with van der Waals surface area (Å²) in [6.07, 6.45) is 0. The van der Waals surface area contributed by atoms with Crippen molar-refractivity contribution in [2.45, 2.75) is 6.92 Å². The highest BCUT2D eigenvalue weighted by molar-refractivity contribution is 8.11. The lowest BCUT2D eigenvalue weighted by Gasteiger charge is -1.96. The first kappa shape index (κ1) is 8.72. The van der Waals surface area contributed by atoms with Crippen LogP contribution in [-0.4, -0.2) is 14.1 Å². The fourth-order valence-electron chi connectivity index (χ4n) is 1.37. The summed E-state index contributed by atoms with van der Waals surface area (Å²) < 4.78 is 2.15. The van der Waals surface area contributed by atoms with Gasteiger partial charge < -0.3 is 0 Å². The van der Waals surface area contributed by atoms with Gasteiger partial charge in [-0.25, -0.2) is 4.68 Å². The number of thiocarbonyl (C=S) groups is 1. The number of benzene rings is 1. The highest BCUT2D eigenvalue weighted by atomic mass is 32.1. The first-order valence-corrected chi connectivity index (χ1v) is 4.73. The number of fused-ring (bicyclic) bond motifs is 1. The first-order chi connectivity index (χ1) is 6.20. The number of hydrogen-bond donors (Lipinski definition) is 1. The minimum absolute atomic E-state index is 0.476. The summed E-state index contributed by atoms with van der Waals surface area (Å²) in [5.74, 6) is 0. The number of thiol groups is 1. The first-order valence-electron chi connectivity index (χ1n) is 3.88. The lowest BCUT2D eigenvalue weighted by atomic mass is 10.2. The van der Waals surface area contributed by atoms with Crippen LogP contribution >= 0.6 is 24.8 Å². The zero-order valence-electron chi connectivity index (χ0n) is 7.06. The van der Waals surface area contributed by atoms with E-state index in [-0.39, 0.29) is 0 Å². The Morgan fingerprint density at radius 2 is 2.15 bits per heavy atom. The summed E-state index contributed by atoms with van der Waals surface area (Å²) in [7, 11) is 0. The molecule has 0 spiro atoms. The highest BCUT2D eigenvalue weighted by Crippen LogP contribution is 2.17. The maximum absolute atomic E-state index is 4.97. The van der Waals surface area contributed by atoms with Crippen LogP contribution in [0.4, 0.5) is 0 Å². The van der Waals surface area contributed by atoms with Gasteiger partial charge in [0, 0.05) is 5.39 Å². The lowest BCUT2D eigenvalue weighted by molar-refractivity contribution is 0.964. The van der Waals surface area contributed by atoms with E-state index in [2.05, 4.69) is 17.7 Å². The molecule has 1 aromatic heterocycles. The van der Waals surface area contributed by atoms with Crippen LogP contribution in [0, 0.1) is 6.92 Å². The molecule has 4 heteroatoms. The molecule has 0 fully saturated rings. The standard InChI is InChI=1S/C9H8N2S2/c1-6-7-4-2-3-5-8(7)11(10-6)9(12)13/h2-5H,1H3,(H,12,13). The molecule has 0 saturated carbocycles. The molecule has 0 unspecified atom stereocenters. The molecule has 0 bridgehead atoms. The number of hydrogen-bond acceptors (Lipinski definition) is 2. The van der Waals surface area contributed by atoms with Gasteiger partial charge in [-0.2, -0.15) is 5.10 Å². The molecule has 0 amide bonds. The van der Waals surface area contributed by atoms with Crippen LogP contribution in [0.3, 0.4) is 0 Å². The number of aromatic nitrogens is 2. The predicted octanol–water partition coefficient (Wildman–Crippen LogP) is 2.41. The molecule has 2 rings (SSSR count). The third-order valence-electron chi connectivity index (χ3n) is 1.95. The molecular weight excluding hydrogens is 200 g/mol. The monoisotopic (exact) mass is 208 g/mol. The summed E-state index contributed by atoms with van der Waals surface area (Å²) in [5, 5.41) is 5.41. The molecule has 13 heavy (non-hydrogen) atoms. The second-order valence-electron chi connectivity index (χ2n) is 2.80. The van der Waals surface area contributed by atoms with Crippen molar-refractivity contribution in [3.05, 3.63) is 30.0 Å². The van der Waals surface area contributed by atoms with Gasteiger partial charge in [0.1, 0.15) is 0 Å². The zero-order chi connectivity index (χ0) is 9.42. The summed E-state index contributed by atoms with van der Waals surface area (Å²) >= 11 is 9.08. The van der Waals surface area contributed by atoms with E-state index in [0.29, 0.717) is 4.32 Å². The van der Waals surface area contributed by atoms with E-state index in [4.69, 9.17) is 12.2 Å². The number of para-hydroxylation sites is 1. The molecule has 0 radical (unpaired) electrons. The Balaban J connectivity index is 2.85. The average molecular weight is 208 g/mol. The van der Waals surface area contributed by atoms with Gasteiger partial charge in [0.2, 0.25) is 0 Å². The number of nitrogens with zero attached hydrogens (tertiary/aromatic N) is 2. The van der Waals surface area contributed by atoms with Gasteiger partial charge in [-0.15, -0.1) is 12.6 Å². The van der Waals surface area contributed by atoms with Crippen molar-refractivity contribution >= 4 is 40.1 Å². The minimum atomic E-state index is 0.476. The second kappa shape index (κ2) is 3.12. The van der Waals surface area contributed by atoms with E-state index in [1.54, 1.807) is 4.68 Å². The molecular formula is C9H8N2S2. The smallest absolute Gasteiger partial charge is 0.158 e. The van der Waals surface area contributed by atoms with Crippen molar-refractivity contribution < 1.29 is 0 Å². The Morgan fingerprint density at radius 1 is 1.46 bits per heavy atom.